The number of likely N-dealkylation sites (tertiary alicyclic amines) is 1. The van der Waals surface area contributed by atoms with E-state index >= 15 is 0 Å². The lowest BCUT2D eigenvalue weighted by Gasteiger charge is -2.40. The minimum Gasteiger partial charge on any atom is -0.341 e. The number of rotatable bonds is 3. The van der Waals surface area contributed by atoms with Crippen molar-refractivity contribution >= 4 is 5.91 Å². The summed E-state index contributed by atoms with van der Waals surface area (Å²) in [7, 11) is 0. The van der Waals surface area contributed by atoms with Crippen LogP contribution in [0.1, 0.15) is 65.2 Å². The number of amides is 1. The Bertz CT molecular complexity index is 308. The molecule has 3 heteroatoms. The molecule has 19 heavy (non-hydrogen) atoms. The lowest BCUT2D eigenvalue weighted by molar-refractivity contribution is -0.140. The van der Waals surface area contributed by atoms with Crippen molar-refractivity contribution in [2.45, 2.75) is 70.8 Å². The van der Waals surface area contributed by atoms with Crippen LogP contribution < -0.4 is 5.73 Å². The van der Waals surface area contributed by atoms with Crippen LogP contribution in [0.25, 0.3) is 0 Å². The molecule has 1 aliphatic carbocycles. The van der Waals surface area contributed by atoms with E-state index in [-0.39, 0.29) is 5.91 Å². The van der Waals surface area contributed by atoms with E-state index in [0.29, 0.717) is 5.92 Å². The van der Waals surface area contributed by atoms with Gasteiger partial charge < -0.3 is 10.6 Å². The van der Waals surface area contributed by atoms with Gasteiger partial charge in [-0.05, 0) is 43.9 Å². The van der Waals surface area contributed by atoms with Crippen LogP contribution in [0.3, 0.4) is 0 Å². The smallest absolute Gasteiger partial charge is 0.242 e. The highest BCUT2D eigenvalue weighted by atomic mass is 16.2. The lowest BCUT2D eigenvalue weighted by Crippen LogP contribution is -2.58. The monoisotopic (exact) mass is 266 g/mol. The van der Waals surface area contributed by atoms with Gasteiger partial charge in [0.15, 0.2) is 0 Å². The van der Waals surface area contributed by atoms with Crippen LogP contribution in [0, 0.1) is 11.8 Å². The van der Waals surface area contributed by atoms with E-state index in [9.17, 15) is 4.79 Å². The van der Waals surface area contributed by atoms with Crippen LogP contribution in [0.5, 0.6) is 0 Å². The first-order chi connectivity index (χ1) is 9.01. The van der Waals surface area contributed by atoms with Gasteiger partial charge in [-0.15, -0.1) is 0 Å². The maximum atomic E-state index is 12.7. The summed E-state index contributed by atoms with van der Waals surface area (Å²) in [6.07, 6.45) is 8.91. The van der Waals surface area contributed by atoms with Crippen molar-refractivity contribution in [2.75, 3.05) is 13.1 Å². The van der Waals surface area contributed by atoms with Crippen molar-refractivity contribution in [2.24, 2.45) is 17.6 Å². The van der Waals surface area contributed by atoms with E-state index in [0.717, 1.165) is 51.1 Å². The molecule has 0 bridgehead atoms. The standard InChI is InChI=1S/C16H30N2O/c1-13(2)11-14-7-6-10-18(12-14)15(19)16(17)8-4-3-5-9-16/h13-14H,3-12,17H2,1-2H3. The Kier molecular flexibility index (Phi) is 4.88. The molecule has 0 spiro atoms. The molecule has 2 N–H and O–H groups in total. The lowest BCUT2D eigenvalue weighted by atomic mass is 9.80. The van der Waals surface area contributed by atoms with Gasteiger partial charge in [-0.2, -0.15) is 0 Å². The average molecular weight is 266 g/mol. The first-order valence-electron chi connectivity index (χ1n) is 8.09. The molecule has 1 heterocycles. The SMILES string of the molecule is CC(C)CC1CCCN(C(=O)C2(N)CCCCC2)C1. The minimum absolute atomic E-state index is 0.237. The molecule has 1 aliphatic heterocycles. The molecule has 1 saturated carbocycles. The quantitative estimate of drug-likeness (QED) is 0.853. The van der Waals surface area contributed by atoms with Gasteiger partial charge in [-0.1, -0.05) is 33.1 Å². The van der Waals surface area contributed by atoms with Crippen molar-refractivity contribution in [3.8, 4) is 0 Å². The highest BCUT2D eigenvalue weighted by molar-refractivity contribution is 5.86. The molecule has 1 unspecified atom stereocenters. The van der Waals surface area contributed by atoms with Crippen LogP contribution in [-0.2, 0) is 4.79 Å². The van der Waals surface area contributed by atoms with Gasteiger partial charge in [-0.25, -0.2) is 0 Å². The van der Waals surface area contributed by atoms with Gasteiger partial charge in [-0.3, -0.25) is 4.79 Å². The number of nitrogens with zero attached hydrogens (tertiary/aromatic N) is 1. The van der Waals surface area contributed by atoms with Crippen LogP contribution in [0.15, 0.2) is 0 Å². The fraction of sp³-hybridized carbons (Fsp3) is 0.938. The van der Waals surface area contributed by atoms with Crippen LogP contribution in [0.4, 0.5) is 0 Å². The van der Waals surface area contributed by atoms with Crippen molar-refractivity contribution < 1.29 is 4.79 Å². The second-order valence-electron chi connectivity index (χ2n) is 7.11. The Balaban J connectivity index is 1.94. The summed E-state index contributed by atoms with van der Waals surface area (Å²) >= 11 is 0. The molecule has 0 aromatic rings. The molecule has 110 valence electrons. The summed E-state index contributed by atoms with van der Waals surface area (Å²) in [6.45, 7) is 6.40. The topological polar surface area (TPSA) is 46.3 Å². The Morgan fingerprint density at radius 1 is 1.26 bits per heavy atom. The second-order valence-corrected chi connectivity index (χ2v) is 7.11. The fourth-order valence-electron chi connectivity index (χ4n) is 3.82. The molecular formula is C16H30N2O. The predicted molar refractivity (Wildman–Crippen MR) is 78.8 cm³/mol. The molecule has 2 rings (SSSR count). The molecule has 3 nitrogen and oxygen atoms in total. The van der Waals surface area contributed by atoms with Crippen molar-refractivity contribution in [3.05, 3.63) is 0 Å². The highest BCUT2D eigenvalue weighted by Crippen LogP contribution is 2.30. The van der Waals surface area contributed by atoms with Gasteiger partial charge in [0.05, 0.1) is 5.54 Å². The summed E-state index contributed by atoms with van der Waals surface area (Å²) in [4.78, 5) is 14.8. The van der Waals surface area contributed by atoms with Crippen LogP contribution >= 0.6 is 0 Å². The van der Waals surface area contributed by atoms with Crippen molar-refractivity contribution in [1.29, 1.82) is 0 Å². The third kappa shape index (κ3) is 3.71. The fourth-order valence-corrected chi connectivity index (χ4v) is 3.82. The van der Waals surface area contributed by atoms with Crippen molar-refractivity contribution in [3.63, 3.8) is 0 Å². The first-order valence-corrected chi connectivity index (χ1v) is 8.09. The molecular weight excluding hydrogens is 236 g/mol. The summed E-state index contributed by atoms with van der Waals surface area (Å²) in [6, 6.07) is 0. The van der Waals surface area contributed by atoms with E-state index in [1.54, 1.807) is 0 Å². The predicted octanol–water partition coefficient (Wildman–Crippen LogP) is 2.93. The average Bonchev–Trinajstić information content (AvgIpc) is 2.38. The third-order valence-electron chi connectivity index (χ3n) is 4.78. The number of carbonyl (C=O) groups excluding carboxylic acids is 1. The summed E-state index contributed by atoms with van der Waals surface area (Å²) < 4.78 is 0. The largest absolute Gasteiger partial charge is 0.341 e. The zero-order valence-corrected chi connectivity index (χ0v) is 12.7. The summed E-state index contributed by atoms with van der Waals surface area (Å²) in [5.41, 5.74) is 5.85. The van der Waals surface area contributed by atoms with Crippen LogP contribution in [-0.4, -0.2) is 29.4 Å². The zero-order chi connectivity index (χ0) is 13.9. The first kappa shape index (κ1) is 14.8. The van der Waals surface area contributed by atoms with E-state index < -0.39 is 5.54 Å². The van der Waals surface area contributed by atoms with Gasteiger partial charge in [0.1, 0.15) is 0 Å². The molecule has 0 aromatic carbocycles. The molecule has 0 aromatic heterocycles. The summed E-state index contributed by atoms with van der Waals surface area (Å²) in [5, 5.41) is 0. The van der Waals surface area contributed by atoms with E-state index in [2.05, 4.69) is 18.7 Å². The normalized spacial score (nSPS) is 27.6. The number of nitrogens with two attached hydrogens (primary N) is 1. The Morgan fingerprint density at radius 3 is 2.58 bits per heavy atom. The third-order valence-corrected chi connectivity index (χ3v) is 4.78. The van der Waals surface area contributed by atoms with E-state index in [4.69, 9.17) is 5.73 Å². The van der Waals surface area contributed by atoms with Crippen LogP contribution in [0.2, 0.25) is 0 Å². The van der Waals surface area contributed by atoms with Gasteiger partial charge in [0.2, 0.25) is 5.91 Å². The zero-order valence-electron chi connectivity index (χ0n) is 12.7. The van der Waals surface area contributed by atoms with E-state index in [1.807, 2.05) is 0 Å². The molecule has 2 aliphatic rings. The number of hydrogen-bond donors (Lipinski definition) is 1. The Labute approximate surface area is 117 Å². The molecule has 1 saturated heterocycles. The molecule has 2 fully saturated rings. The van der Waals surface area contributed by atoms with Crippen molar-refractivity contribution in [1.82, 2.24) is 4.90 Å². The number of carbonyl (C=O) groups is 1. The molecule has 1 atom stereocenters. The minimum atomic E-state index is -0.544. The Morgan fingerprint density at radius 2 is 1.95 bits per heavy atom. The van der Waals surface area contributed by atoms with E-state index in [1.165, 1.54) is 19.3 Å². The Hall–Kier alpha value is -0.570. The maximum absolute atomic E-state index is 12.7. The van der Waals surface area contributed by atoms with Gasteiger partial charge >= 0.3 is 0 Å². The highest BCUT2D eigenvalue weighted by Gasteiger charge is 2.39. The maximum Gasteiger partial charge on any atom is 0.242 e. The summed E-state index contributed by atoms with van der Waals surface area (Å²) in [5.74, 6) is 1.65. The van der Waals surface area contributed by atoms with Gasteiger partial charge in [0, 0.05) is 13.1 Å². The second kappa shape index (κ2) is 6.25. The molecule has 0 radical (unpaired) electrons. The number of piperidine rings is 1. The number of hydrogen-bond acceptors (Lipinski definition) is 2. The molecule has 1 amide bonds. The van der Waals surface area contributed by atoms with Gasteiger partial charge in [0.25, 0.3) is 0 Å².